The summed E-state index contributed by atoms with van der Waals surface area (Å²) in [5.74, 6) is -2.01. The minimum Gasteiger partial charge on any atom is -0.435 e. The molecule has 2 aromatic rings. The first kappa shape index (κ1) is 25.6. The van der Waals surface area contributed by atoms with Gasteiger partial charge < -0.3 is 9.84 Å². The maximum atomic E-state index is 14.3. The van der Waals surface area contributed by atoms with Crippen LogP contribution in [0.5, 0.6) is 5.75 Å². The maximum absolute atomic E-state index is 14.3. The van der Waals surface area contributed by atoms with Gasteiger partial charge in [0.2, 0.25) is 5.95 Å². The molecule has 1 unspecified atom stereocenters. The molecule has 1 fully saturated rings. The van der Waals surface area contributed by atoms with Crippen molar-refractivity contribution in [1.29, 1.82) is 0 Å². The number of ether oxygens (including phenoxy) is 1. The second-order valence-electron chi connectivity index (χ2n) is 8.77. The molecule has 182 valence electrons. The number of rotatable bonds is 8. The number of hydrogen-bond acceptors (Lipinski definition) is 6. The number of nitrogens with zero attached hydrogens (tertiary/aromatic N) is 2. The van der Waals surface area contributed by atoms with Crippen molar-refractivity contribution < 1.29 is 32.0 Å². The number of nitrogens with two attached hydrogens (primary N) is 1. The minimum absolute atomic E-state index is 0.0113. The third kappa shape index (κ3) is 6.11. The molecule has 33 heavy (non-hydrogen) atoms. The van der Waals surface area contributed by atoms with Gasteiger partial charge in [-0.05, 0) is 67.3 Å². The minimum atomic E-state index is -3.95. The van der Waals surface area contributed by atoms with Gasteiger partial charge in [-0.15, -0.1) is 15.7 Å². The zero-order valence-electron chi connectivity index (χ0n) is 18.6. The van der Waals surface area contributed by atoms with Crippen LogP contribution in [0.25, 0.3) is 0 Å². The predicted molar refractivity (Wildman–Crippen MR) is 118 cm³/mol. The molecule has 1 aliphatic carbocycles. The maximum Gasteiger partial charge on any atom is 0.387 e. The first-order valence-corrected chi connectivity index (χ1v) is 12.7. The molecule has 1 aromatic heterocycles. The van der Waals surface area contributed by atoms with Crippen LogP contribution < -0.4 is 9.88 Å². The Hall–Kier alpha value is -2.02. The van der Waals surface area contributed by atoms with E-state index in [1.165, 1.54) is 26.0 Å². The second kappa shape index (κ2) is 9.32. The highest BCUT2D eigenvalue weighted by Crippen LogP contribution is 2.45. The normalized spacial score (nSPS) is 16.2. The van der Waals surface area contributed by atoms with Crippen LogP contribution in [0.4, 0.5) is 13.2 Å². The van der Waals surface area contributed by atoms with Gasteiger partial charge >= 0.3 is 6.61 Å². The van der Waals surface area contributed by atoms with Gasteiger partial charge in [0.05, 0.1) is 6.42 Å². The first-order chi connectivity index (χ1) is 15.2. The Labute approximate surface area is 194 Å². The average molecular weight is 506 g/mol. The molecule has 1 amide bonds. The fourth-order valence-corrected chi connectivity index (χ4v) is 5.69. The molecule has 7 nitrogen and oxygen atoms in total. The Morgan fingerprint density at radius 3 is 2.52 bits per heavy atom. The molecular weight excluding hydrogens is 479 g/mol. The highest BCUT2D eigenvalue weighted by molar-refractivity contribution is 7.93. The van der Waals surface area contributed by atoms with Crippen molar-refractivity contribution in [3.8, 4) is 5.75 Å². The van der Waals surface area contributed by atoms with Crippen molar-refractivity contribution in [2.75, 3.05) is 0 Å². The van der Waals surface area contributed by atoms with Gasteiger partial charge in [-0.25, -0.2) is 14.3 Å². The fourth-order valence-electron chi connectivity index (χ4n) is 3.44. The van der Waals surface area contributed by atoms with E-state index < -0.39 is 38.2 Å². The number of carbonyl (C=O) groups excluding carboxylic acids is 1. The van der Waals surface area contributed by atoms with E-state index in [9.17, 15) is 27.3 Å². The van der Waals surface area contributed by atoms with Gasteiger partial charge in [0.15, 0.2) is 14.1 Å². The van der Waals surface area contributed by atoms with Crippen LogP contribution in [0.3, 0.4) is 0 Å². The summed E-state index contributed by atoms with van der Waals surface area (Å²) in [5.41, 5.74) is 0.448. The number of aromatic nitrogens is 1. The van der Waals surface area contributed by atoms with E-state index in [2.05, 4.69) is 14.1 Å². The fraction of sp³-hybridized carbons (Fsp3) is 0.524. The Morgan fingerprint density at radius 2 is 2.03 bits per heavy atom. The van der Waals surface area contributed by atoms with Crippen molar-refractivity contribution in [1.82, 2.24) is 4.98 Å². The standard InChI is InChI=1S/C21H26F3N3O4S2/c1-10(2)13-7-12(31-20(23)24)8-14(11-5-6-11)15(13)9-16(28)27-33(25,30)18-17(22)26-19(32-18)21(3,4)29/h7-8,10-11,20,29H,5-6,9H2,1-4H3,(H2,25,27,28,30). The third-order valence-corrected chi connectivity index (χ3v) is 8.35. The molecule has 0 bridgehead atoms. The molecule has 1 aliphatic rings. The second-order valence-corrected chi connectivity index (χ2v) is 11.8. The van der Waals surface area contributed by atoms with Gasteiger partial charge in [-0.2, -0.15) is 13.2 Å². The number of amides is 1. The molecule has 0 aliphatic heterocycles. The van der Waals surface area contributed by atoms with Crippen LogP contribution in [0.15, 0.2) is 20.7 Å². The van der Waals surface area contributed by atoms with E-state index in [0.29, 0.717) is 28.0 Å². The van der Waals surface area contributed by atoms with E-state index >= 15 is 0 Å². The summed E-state index contributed by atoms with van der Waals surface area (Å²) in [4.78, 5) is 16.3. The quantitative estimate of drug-likeness (QED) is 0.545. The topological polar surface area (TPSA) is 115 Å². The number of benzene rings is 1. The zero-order valence-corrected chi connectivity index (χ0v) is 20.2. The molecule has 0 spiro atoms. The van der Waals surface area contributed by atoms with Gasteiger partial charge in [-0.3, -0.25) is 4.79 Å². The van der Waals surface area contributed by atoms with Crippen LogP contribution in [-0.4, -0.2) is 26.8 Å². The highest BCUT2D eigenvalue weighted by Gasteiger charge is 2.31. The molecule has 3 N–H and O–H groups in total. The molecule has 12 heteroatoms. The van der Waals surface area contributed by atoms with Crippen molar-refractivity contribution in [3.63, 3.8) is 0 Å². The number of carbonyl (C=O) groups is 1. The van der Waals surface area contributed by atoms with Crippen LogP contribution in [-0.2, 0) is 26.7 Å². The third-order valence-electron chi connectivity index (χ3n) is 5.07. The lowest BCUT2D eigenvalue weighted by atomic mass is 9.89. The van der Waals surface area contributed by atoms with Crippen molar-refractivity contribution in [2.45, 2.75) is 75.2 Å². The number of halogens is 3. The molecule has 1 saturated carbocycles. The molecule has 1 aromatic carbocycles. The Bertz CT molecular complexity index is 1150. The summed E-state index contributed by atoms with van der Waals surface area (Å²) in [6, 6.07) is 2.96. The highest BCUT2D eigenvalue weighted by atomic mass is 32.2. The van der Waals surface area contributed by atoms with E-state index in [0.717, 1.165) is 12.8 Å². The number of hydrogen-bond donors (Lipinski definition) is 2. The van der Waals surface area contributed by atoms with Gasteiger partial charge in [0.25, 0.3) is 5.91 Å². The van der Waals surface area contributed by atoms with Crippen LogP contribution in [0, 0.1) is 5.95 Å². The van der Waals surface area contributed by atoms with E-state index in [1.807, 2.05) is 13.8 Å². The molecular formula is C21H26F3N3O4S2. The molecule has 1 atom stereocenters. The average Bonchev–Trinajstić information content (AvgIpc) is 3.41. The molecule has 0 radical (unpaired) electrons. The Morgan fingerprint density at radius 1 is 1.39 bits per heavy atom. The molecule has 0 saturated heterocycles. The smallest absolute Gasteiger partial charge is 0.387 e. The Balaban J connectivity index is 1.99. The first-order valence-electron chi connectivity index (χ1n) is 10.3. The molecule has 3 rings (SSSR count). The summed E-state index contributed by atoms with van der Waals surface area (Å²) in [7, 11) is -3.95. The van der Waals surface area contributed by atoms with Gasteiger partial charge in [0.1, 0.15) is 16.4 Å². The summed E-state index contributed by atoms with van der Waals surface area (Å²) in [5, 5.41) is 15.7. The van der Waals surface area contributed by atoms with Gasteiger partial charge in [-0.1, -0.05) is 13.8 Å². The number of alkyl halides is 2. The number of thiazole rings is 1. The van der Waals surface area contributed by atoms with Crippen LogP contribution in [0.2, 0.25) is 0 Å². The van der Waals surface area contributed by atoms with E-state index in [4.69, 9.17) is 5.14 Å². The lowest BCUT2D eigenvalue weighted by Crippen LogP contribution is -2.17. The summed E-state index contributed by atoms with van der Waals surface area (Å²) in [6.07, 6.45) is 1.40. The van der Waals surface area contributed by atoms with Crippen molar-refractivity contribution in [2.24, 2.45) is 9.50 Å². The SMILES string of the molecule is CC(C)c1cc(OC(F)F)cc(C2CC2)c1CC(=O)N=S(N)(=O)c1sc(C(C)(C)O)nc1F. The largest absolute Gasteiger partial charge is 0.435 e. The predicted octanol–water partition coefficient (Wildman–Crippen LogP) is 4.58. The monoisotopic (exact) mass is 505 g/mol. The van der Waals surface area contributed by atoms with Crippen LogP contribution in [0.1, 0.15) is 74.1 Å². The lowest BCUT2D eigenvalue weighted by molar-refractivity contribution is -0.117. The molecule has 1 heterocycles. The Kier molecular flexibility index (Phi) is 7.23. The zero-order chi connectivity index (χ0) is 24.7. The van der Waals surface area contributed by atoms with Gasteiger partial charge in [0, 0.05) is 0 Å². The van der Waals surface area contributed by atoms with E-state index in [1.54, 1.807) is 0 Å². The van der Waals surface area contributed by atoms with Crippen molar-refractivity contribution in [3.05, 3.63) is 39.8 Å². The number of aliphatic hydroxyl groups is 1. The lowest BCUT2D eigenvalue weighted by Gasteiger charge is -2.19. The summed E-state index contributed by atoms with van der Waals surface area (Å²) < 4.78 is 60.4. The van der Waals surface area contributed by atoms with E-state index in [-0.39, 0.29) is 29.0 Å². The summed E-state index contributed by atoms with van der Waals surface area (Å²) in [6.45, 7) is 3.47. The summed E-state index contributed by atoms with van der Waals surface area (Å²) >= 11 is 0.585. The van der Waals surface area contributed by atoms with Crippen LogP contribution >= 0.6 is 11.3 Å². The van der Waals surface area contributed by atoms with Crippen molar-refractivity contribution >= 4 is 27.2 Å².